The van der Waals surface area contributed by atoms with E-state index in [-0.39, 0.29) is 0 Å². The zero-order chi connectivity index (χ0) is 9.17. The van der Waals surface area contributed by atoms with E-state index in [4.69, 9.17) is 0 Å². The summed E-state index contributed by atoms with van der Waals surface area (Å²) in [5, 5.41) is 0. The van der Waals surface area contributed by atoms with Crippen LogP contribution in [0.2, 0.25) is 0 Å². The van der Waals surface area contributed by atoms with Gasteiger partial charge in [-0.3, -0.25) is 0 Å². The first-order valence-electron chi connectivity index (χ1n) is 6.72. The summed E-state index contributed by atoms with van der Waals surface area (Å²) in [4.78, 5) is 0. The number of hydrogen-bond acceptors (Lipinski definition) is 0. The maximum atomic E-state index is 2.07. The fraction of sp³-hybridized carbons (Fsp3) is 0.929. The molecule has 0 aromatic carbocycles. The second-order valence-electron chi connectivity index (χ2n) is 6.55. The minimum Gasteiger partial charge on any atom is -0.0525 e. The predicted octanol–water partition coefficient (Wildman–Crippen LogP) is 3.96. The maximum Gasteiger partial charge on any atom is -0.0148 e. The smallest absolute Gasteiger partial charge is 0.0148 e. The van der Waals surface area contributed by atoms with Gasteiger partial charge in [-0.2, -0.15) is 0 Å². The lowest BCUT2D eigenvalue weighted by molar-refractivity contribution is -0.0399. The van der Waals surface area contributed by atoms with Gasteiger partial charge in [-0.25, -0.2) is 0 Å². The summed E-state index contributed by atoms with van der Waals surface area (Å²) in [7, 11) is 0. The summed E-state index contributed by atoms with van der Waals surface area (Å²) < 4.78 is 0. The van der Waals surface area contributed by atoms with Crippen LogP contribution in [0.5, 0.6) is 0 Å². The molecule has 0 unspecified atom stereocenters. The Morgan fingerprint density at radius 3 is 2.43 bits per heavy atom. The van der Waals surface area contributed by atoms with Crippen molar-refractivity contribution >= 4 is 0 Å². The van der Waals surface area contributed by atoms with Gasteiger partial charge in [-0.1, -0.05) is 12.8 Å². The van der Waals surface area contributed by atoms with Crippen LogP contribution in [0.25, 0.3) is 0 Å². The Bertz CT molecular complexity index is 234. The molecule has 6 aliphatic rings. The van der Waals surface area contributed by atoms with Gasteiger partial charge in [0, 0.05) is 0 Å². The third-order valence-electron chi connectivity index (χ3n) is 5.86. The number of rotatable bonds is 1. The van der Waals surface area contributed by atoms with E-state index < -0.39 is 0 Å². The van der Waals surface area contributed by atoms with Gasteiger partial charge >= 0.3 is 0 Å². The average Bonchev–Trinajstić information content (AvgIpc) is 2.16. The summed E-state index contributed by atoms with van der Waals surface area (Å²) in [6.07, 6.45) is 14.1. The Morgan fingerprint density at radius 1 is 1.00 bits per heavy atom. The third kappa shape index (κ3) is 0.907. The summed E-state index contributed by atoms with van der Waals surface area (Å²) in [5.41, 5.74) is 0.818. The molecule has 0 aromatic heterocycles. The van der Waals surface area contributed by atoms with E-state index >= 15 is 0 Å². The van der Waals surface area contributed by atoms with Gasteiger partial charge in [0.1, 0.15) is 0 Å². The van der Waals surface area contributed by atoms with Gasteiger partial charge in [0.05, 0.1) is 0 Å². The van der Waals surface area contributed by atoms with E-state index in [9.17, 15) is 0 Å². The molecule has 0 heteroatoms. The summed E-state index contributed by atoms with van der Waals surface area (Å²) in [6, 6.07) is 0. The summed E-state index contributed by atoms with van der Waals surface area (Å²) in [5.74, 6) is 5.47. The van der Waals surface area contributed by atoms with Crippen molar-refractivity contribution in [2.45, 2.75) is 57.8 Å². The Balaban J connectivity index is 1.56. The predicted molar refractivity (Wildman–Crippen MR) is 57.7 cm³/mol. The van der Waals surface area contributed by atoms with Crippen molar-refractivity contribution in [2.24, 2.45) is 23.2 Å². The highest BCUT2D eigenvalue weighted by Crippen LogP contribution is 2.67. The van der Waals surface area contributed by atoms with Crippen molar-refractivity contribution in [1.82, 2.24) is 0 Å². The minimum absolute atomic E-state index is 0.818. The molecule has 0 heterocycles. The zero-order valence-electron chi connectivity index (χ0n) is 9.10. The molecular weight excluding hydrogens is 168 g/mol. The molecule has 6 fully saturated rings. The normalized spacial score (nSPS) is 56.1. The topological polar surface area (TPSA) is 0 Å². The SMILES string of the molecule is C1CC2CC([C]3CCC4CC3C4)(C1)C2. The molecule has 0 amide bonds. The fourth-order valence-electron chi connectivity index (χ4n) is 5.12. The van der Waals surface area contributed by atoms with Crippen molar-refractivity contribution in [2.75, 3.05) is 0 Å². The largest absolute Gasteiger partial charge is 0.0525 e. The van der Waals surface area contributed by atoms with Crippen molar-refractivity contribution in [1.29, 1.82) is 0 Å². The van der Waals surface area contributed by atoms with Gasteiger partial charge in [-0.05, 0) is 74.0 Å². The molecule has 4 bridgehead atoms. The van der Waals surface area contributed by atoms with E-state index in [1.54, 1.807) is 51.4 Å². The van der Waals surface area contributed by atoms with Crippen LogP contribution in [-0.4, -0.2) is 0 Å². The molecule has 0 saturated heterocycles. The molecule has 14 heavy (non-hydrogen) atoms. The molecule has 0 aromatic rings. The third-order valence-corrected chi connectivity index (χ3v) is 5.86. The van der Waals surface area contributed by atoms with Gasteiger partial charge in [-0.15, -0.1) is 0 Å². The number of fused-ring (bicyclic) bond motifs is 4. The van der Waals surface area contributed by atoms with Crippen LogP contribution in [0, 0.1) is 29.1 Å². The van der Waals surface area contributed by atoms with Gasteiger partial charge in [0.15, 0.2) is 0 Å². The van der Waals surface area contributed by atoms with Gasteiger partial charge in [0.25, 0.3) is 0 Å². The Labute approximate surface area is 87.5 Å². The maximum absolute atomic E-state index is 2.07. The van der Waals surface area contributed by atoms with E-state index in [0.717, 1.165) is 23.2 Å². The van der Waals surface area contributed by atoms with Crippen LogP contribution in [-0.2, 0) is 0 Å². The van der Waals surface area contributed by atoms with Crippen LogP contribution in [0.3, 0.4) is 0 Å². The first-order valence-corrected chi connectivity index (χ1v) is 6.72. The average molecular weight is 189 g/mol. The van der Waals surface area contributed by atoms with Crippen LogP contribution < -0.4 is 0 Å². The summed E-state index contributed by atoms with van der Waals surface area (Å²) in [6.45, 7) is 0. The van der Waals surface area contributed by atoms with Crippen LogP contribution in [0.1, 0.15) is 57.8 Å². The van der Waals surface area contributed by atoms with E-state index in [1.807, 2.05) is 0 Å². The Morgan fingerprint density at radius 2 is 1.86 bits per heavy atom. The number of hydrogen-bond donors (Lipinski definition) is 0. The first-order chi connectivity index (χ1) is 6.86. The molecule has 6 saturated carbocycles. The molecule has 1 radical (unpaired) electrons. The van der Waals surface area contributed by atoms with Crippen molar-refractivity contribution in [3.8, 4) is 0 Å². The summed E-state index contributed by atoms with van der Waals surface area (Å²) >= 11 is 0. The highest BCUT2D eigenvalue weighted by atomic mass is 14.6. The molecule has 77 valence electrons. The molecule has 0 atom stereocenters. The molecule has 0 aliphatic heterocycles. The van der Waals surface area contributed by atoms with Crippen LogP contribution >= 0.6 is 0 Å². The standard InChI is InChI=1S/C14H21/c1-2-11-8-14(5-1,9-11)13-4-3-10-6-12(13)7-10/h10-12H,1-9H2. The highest BCUT2D eigenvalue weighted by molar-refractivity contribution is 5.22. The molecule has 0 N–H and O–H groups in total. The monoisotopic (exact) mass is 189 g/mol. The lowest BCUT2D eigenvalue weighted by Crippen LogP contribution is -2.52. The first kappa shape index (κ1) is 8.19. The second-order valence-corrected chi connectivity index (χ2v) is 6.55. The molecule has 0 nitrogen and oxygen atoms in total. The van der Waals surface area contributed by atoms with Crippen LogP contribution in [0.15, 0.2) is 0 Å². The Kier molecular flexibility index (Phi) is 1.50. The second kappa shape index (κ2) is 2.57. The molecular formula is C14H21. The van der Waals surface area contributed by atoms with Crippen molar-refractivity contribution < 1.29 is 0 Å². The molecule has 0 spiro atoms. The molecule has 6 rings (SSSR count). The minimum atomic E-state index is 0.818. The molecule has 6 aliphatic carbocycles. The Hall–Kier alpha value is 0. The quantitative estimate of drug-likeness (QED) is 0.585. The van der Waals surface area contributed by atoms with E-state index in [0.29, 0.717) is 0 Å². The van der Waals surface area contributed by atoms with Crippen LogP contribution in [0.4, 0.5) is 0 Å². The fourth-order valence-corrected chi connectivity index (χ4v) is 5.12. The lowest BCUT2D eigenvalue weighted by Gasteiger charge is -2.62. The van der Waals surface area contributed by atoms with Gasteiger partial charge < -0.3 is 0 Å². The van der Waals surface area contributed by atoms with E-state index in [1.165, 1.54) is 6.42 Å². The zero-order valence-corrected chi connectivity index (χ0v) is 9.10. The van der Waals surface area contributed by atoms with Crippen molar-refractivity contribution in [3.63, 3.8) is 0 Å². The highest BCUT2D eigenvalue weighted by Gasteiger charge is 2.56. The lowest BCUT2D eigenvalue weighted by atomic mass is 9.42. The van der Waals surface area contributed by atoms with Crippen molar-refractivity contribution in [3.05, 3.63) is 5.92 Å². The van der Waals surface area contributed by atoms with E-state index in [2.05, 4.69) is 5.92 Å². The van der Waals surface area contributed by atoms with Gasteiger partial charge in [0.2, 0.25) is 0 Å².